The zero-order valence-electron chi connectivity index (χ0n) is 11.5. The van der Waals surface area contributed by atoms with Gasteiger partial charge in [0.2, 0.25) is 0 Å². The lowest BCUT2D eigenvalue weighted by Gasteiger charge is -2.08. The number of ether oxygens (including phenoxy) is 1. The van der Waals surface area contributed by atoms with E-state index in [0.717, 1.165) is 0 Å². The largest absolute Gasteiger partial charge is 0.497 e. The average molecular weight is 320 g/mol. The van der Waals surface area contributed by atoms with Crippen LogP contribution in [-0.4, -0.2) is 23.2 Å². The first-order chi connectivity index (χ1) is 10.5. The SMILES string of the molecule is COc1ccc(-c2cc3c(C(=O)O)c[nH]c3cc2Cl)c(F)c1. The maximum absolute atomic E-state index is 14.2. The summed E-state index contributed by atoms with van der Waals surface area (Å²) >= 11 is 6.21. The van der Waals surface area contributed by atoms with Crippen LogP contribution in [-0.2, 0) is 0 Å². The molecule has 3 aromatic rings. The molecule has 0 bridgehead atoms. The fourth-order valence-corrected chi connectivity index (χ4v) is 2.63. The van der Waals surface area contributed by atoms with Crippen molar-refractivity contribution in [3.8, 4) is 16.9 Å². The second-order valence-electron chi connectivity index (χ2n) is 4.73. The number of hydrogen-bond donors (Lipinski definition) is 2. The van der Waals surface area contributed by atoms with Gasteiger partial charge in [0.15, 0.2) is 0 Å². The maximum Gasteiger partial charge on any atom is 0.337 e. The van der Waals surface area contributed by atoms with Crippen LogP contribution < -0.4 is 4.74 Å². The highest BCUT2D eigenvalue weighted by atomic mass is 35.5. The van der Waals surface area contributed by atoms with Crippen molar-refractivity contribution in [3.05, 3.63) is 52.9 Å². The molecule has 0 aliphatic carbocycles. The number of carboxylic acids is 1. The molecule has 0 atom stereocenters. The van der Waals surface area contributed by atoms with E-state index in [9.17, 15) is 14.3 Å². The van der Waals surface area contributed by atoms with Gasteiger partial charge in [-0.05, 0) is 24.3 Å². The number of aromatic nitrogens is 1. The van der Waals surface area contributed by atoms with E-state index in [0.29, 0.717) is 27.2 Å². The Labute approximate surface area is 130 Å². The first-order valence-corrected chi connectivity index (χ1v) is 6.77. The molecule has 0 aliphatic rings. The summed E-state index contributed by atoms with van der Waals surface area (Å²) in [5.74, 6) is -1.16. The highest BCUT2D eigenvalue weighted by Gasteiger charge is 2.16. The number of aromatic carboxylic acids is 1. The third-order valence-corrected chi connectivity index (χ3v) is 3.78. The fraction of sp³-hybridized carbons (Fsp3) is 0.0625. The predicted molar refractivity (Wildman–Crippen MR) is 82.2 cm³/mol. The summed E-state index contributed by atoms with van der Waals surface area (Å²) in [5.41, 5.74) is 1.41. The number of carboxylic acid groups (broad SMARTS) is 1. The molecular formula is C16H11ClFNO3. The summed E-state index contributed by atoms with van der Waals surface area (Å²) in [6.07, 6.45) is 1.39. The van der Waals surface area contributed by atoms with E-state index in [1.54, 1.807) is 24.3 Å². The van der Waals surface area contributed by atoms with Gasteiger partial charge in [-0.1, -0.05) is 11.6 Å². The van der Waals surface area contributed by atoms with Crippen molar-refractivity contribution in [2.24, 2.45) is 0 Å². The predicted octanol–water partition coefficient (Wildman–Crippen LogP) is 4.33. The van der Waals surface area contributed by atoms with E-state index < -0.39 is 11.8 Å². The Balaban J connectivity index is 2.24. The van der Waals surface area contributed by atoms with Crippen LogP contribution in [0.5, 0.6) is 5.75 Å². The van der Waals surface area contributed by atoms with Crippen LogP contribution in [0.3, 0.4) is 0 Å². The molecule has 2 N–H and O–H groups in total. The van der Waals surface area contributed by atoms with Crippen molar-refractivity contribution in [2.45, 2.75) is 0 Å². The van der Waals surface area contributed by atoms with Gasteiger partial charge >= 0.3 is 5.97 Å². The molecule has 1 heterocycles. The Morgan fingerprint density at radius 3 is 2.68 bits per heavy atom. The number of H-pyrrole nitrogens is 1. The normalized spacial score (nSPS) is 10.9. The molecule has 0 radical (unpaired) electrons. The van der Waals surface area contributed by atoms with Crippen molar-refractivity contribution in [1.82, 2.24) is 4.98 Å². The van der Waals surface area contributed by atoms with Crippen LogP contribution in [0.25, 0.3) is 22.0 Å². The molecule has 2 aromatic carbocycles. The molecule has 22 heavy (non-hydrogen) atoms. The Morgan fingerprint density at radius 1 is 1.27 bits per heavy atom. The summed E-state index contributed by atoms with van der Waals surface area (Å²) in [6, 6.07) is 7.58. The Bertz CT molecular complexity index is 888. The van der Waals surface area contributed by atoms with Crippen LogP contribution in [0.4, 0.5) is 4.39 Å². The molecule has 0 spiro atoms. The second-order valence-corrected chi connectivity index (χ2v) is 5.14. The van der Waals surface area contributed by atoms with Crippen LogP contribution >= 0.6 is 11.6 Å². The van der Waals surface area contributed by atoms with E-state index in [4.69, 9.17) is 16.3 Å². The standard InChI is InChI=1S/C16H11ClFNO3/c1-22-8-2-3-9(14(18)4-8)10-5-11-12(16(20)21)7-19-15(11)6-13(10)17/h2-7,19H,1H3,(H,20,21). The lowest BCUT2D eigenvalue weighted by Crippen LogP contribution is -1.94. The molecule has 0 amide bonds. The first kappa shape index (κ1) is 14.4. The third kappa shape index (κ3) is 2.29. The highest BCUT2D eigenvalue weighted by molar-refractivity contribution is 6.34. The number of methoxy groups -OCH3 is 1. The van der Waals surface area contributed by atoms with Gasteiger partial charge in [-0.2, -0.15) is 0 Å². The fourth-order valence-electron chi connectivity index (χ4n) is 2.37. The van der Waals surface area contributed by atoms with Crippen molar-refractivity contribution >= 4 is 28.5 Å². The van der Waals surface area contributed by atoms with E-state index in [2.05, 4.69) is 4.98 Å². The number of fused-ring (bicyclic) bond motifs is 1. The monoisotopic (exact) mass is 319 g/mol. The Hall–Kier alpha value is -2.53. The number of benzene rings is 2. The van der Waals surface area contributed by atoms with Gasteiger partial charge in [0.25, 0.3) is 0 Å². The van der Waals surface area contributed by atoms with Gasteiger partial charge in [-0.25, -0.2) is 9.18 Å². The molecule has 0 saturated carbocycles. The molecule has 112 valence electrons. The molecule has 0 aliphatic heterocycles. The van der Waals surface area contributed by atoms with Crippen molar-refractivity contribution in [3.63, 3.8) is 0 Å². The summed E-state index contributed by atoms with van der Waals surface area (Å²) < 4.78 is 19.2. The molecule has 6 heteroatoms. The van der Waals surface area contributed by atoms with Crippen LogP contribution in [0.15, 0.2) is 36.5 Å². The number of aromatic amines is 1. The minimum atomic E-state index is -1.06. The average Bonchev–Trinajstić information content (AvgIpc) is 2.89. The van der Waals surface area contributed by atoms with E-state index in [1.165, 1.54) is 19.4 Å². The number of nitrogens with one attached hydrogen (secondary N) is 1. The second kappa shape index (κ2) is 5.35. The topological polar surface area (TPSA) is 62.3 Å². The number of hydrogen-bond acceptors (Lipinski definition) is 2. The number of halogens is 2. The Morgan fingerprint density at radius 2 is 2.05 bits per heavy atom. The van der Waals surface area contributed by atoms with E-state index >= 15 is 0 Å². The zero-order chi connectivity index (χ0) is 15.9. The zero-order valence-corrected chi connectivity index (χ0v) is 12.2. The lowest BCUT2D eigenvalue weighted by molar-refractivity contribution is 0.0699. The van der Waals surface area contributed by atoms with Crippen LogP contribution in [0.1, 0.15) is 10.4 Å². The molecule has 0 fully saturated rings. The van der Waals surface area contributed by atoms with Gasteiger partial charge in [0.05, 0.1) is 17.7 Å². The third-order valence-electron chi connectivity index (χ3n) is 3.47. The highest BCUT2D eigenvalue weighted by Crippen LogP contribution is 2.35. The summed E-state index contributed by atoms with van der Waals surface area (Å²) in [5, 5.41) is 9.99. The van der Waals surface area contributed by atoms with Crippen molar-refractivity contribution in [1.29, 1.82) is 0 Å². The van der Waals surface area contributed by atoms with Gasteiger partial charge in [-0.15, -0.1) is 0 Å². The summed E-state index contributed by atoms with van der Waals surface area (Å²) in [4.78, 5) is 14.1. The first-order valence-electron chi connectivity index (χ1n) is 6.39. The molecule has 1 aromatic heterocycles. The lowest BCUT2D eigenvalue weighted by atomic mass is 10.0. The minimum Gasteiger partial charge on any atom is -0.497 e. The number of rotatable bonds is 3. The van der Waals surface area contributed by atoms with Crippen LogP contribution in [0.2, 0.25) is 5.02 Å². The maximum atomic E-state index is 14.2. The smallest absolute Gasteiger partial charge is 0.337 e. The van der Waals surface area contributed by atoms with E-state index in [-0.39, 0.29) is 11.1 Å². The van der Waals surface area contributed by atoms with Gasteiger partial charge in [-0.3, -0.25) is 0 Å². The minimum absolute atomic E-state index is 0.113. The molecule has 3 rings (SSSR count). The quantitative estimate of drug-likeness (QED) is 0.755. The van der Waals surface area contributed by atoms with Gasteiger partial charge in [0.1, 0.15) is 11.6 Å². The van der Waals surface area contributed by atoms with Crippen LogP contribution in [0, 0.1) is 5.82 Å². The molecule has 4 nitrogen and oxygen atoms in total. The van der Waals surface area contributed by atoms with E-state index in [1.807, 2.05) is 0 Å². The summed E-state index contributed by atoms with van der Waals surface area (Å²) in [7, 11) is 1.45. The molecule has 0 saturated heterocycles. The van der Waals surface area contributed by atoms with Gasteiger partial charge in [0, 0.05) is 34.3 Å². The number of carbonyl (C=O) groups is 1. The van der Waals surface area contributed by atoms with Crippen molar-refractivity contribution < 1.29 is 19.0 Å². The molecular weight excluding hydrogens is 309 g/mol. The van der Waals surface area contributed by atoms with Crippen molar-refractivity contribution in [2.75, 3.05) is 7.11 Å². The molecule has 0 unspecified atom stereocenters. The van der Waals surface area contributed by atoms with Gasteiger partial charge < -0.3 is 14.8 Å². The Kier molecular flexibility index (Phi) is 3.50. The summed E-state index contributed by atoms with van der Waals surface area (Å²) in [6.45, 7) is 0.